The lowest BCUT2D eigenvalue weighted by Crippen LogP contribution is -2.64. The van der Waals surface area contributed by atoms with Crippen LogP contribution < -0.4 is 0 Å². The van der Waals surface area contributed by atoms with Gasteiger partial charge in [-0.3, -0.25) is 0 Å². The summed E-state index contributed by atoms with van der Waals surface area (Å²) in [5.74, 6) is 0.150. The summed E-state index contributed by atoms with van der Waals surface area (Å²) in [5, 5.41) is 9.54. The molecule has 4 fully saturated rings. The van der Waals surface area contributed by atoms with Gasteiger partial charge in [0.15, 0.2) is 11.9 Å². The maximum absolute atomic E-state index is 9.54. The fourth-order valence-corrected chi connectivity index (χ4v) is 7.24. The van der Waals surface area contributed by atoms with Crippen LogP contribution >= 0.6 is 0 Å². The lowest BCUT2D eigenvalue weighted by atomic mass is 9.64. The minimum absolute atomic E-state index is 0.161. The topological polar surface area (TPSA) is 57.2 Å². The van der Waals surface area contributed by atoms with E-state index in [-0.39, 0.29) is 12.5 Å². The number of fused-ring (bicyclic) bond motifs is 3. The Morgan fingerprint density at radius 2 is 1.92 bits per heavy atom. The van der Waals surface area contributed by atoms with E-state index in [1.54, 1.807) is 7.11 Å². The second kappa shape index (κ2) is 6.63. The Morgan fingerprint density at radius 3 is 2.54 bits per heavy atom. The zero-order valence-electron chi connectivity index (χ0n) is 15.8. The van der Waals surface area contributed by atoms with Crippen LogP contribution in [-0.2, 0) is 19.2 Å². The van der Waals surface area contributed by atoms with Crippen molar-refractivity contribution in [3.05, 3.63) is 0 Å². The van der Waals surface area contributed by atoms with Gasteiger partial charge in [-0.25, -0.2) is 9.78 Å². The average molecular weight is 359 g/mol. The summed E-state index contributed by atoms with van der Waals surface area (Å²) >= 11 is 0. The summed E-state index contributed by atoms with van der Waals surface area (Å²) in [7, 11) is 0.423. The zero-order valence-corrected chi connectivity index (χ0v) is 16.8. The first-order chi connectivity index (χ1) is 11.2. The summed E-state index contributed by atoms with van der Waals surface area (Å²) in [6.45, 7) is 9.36. The van der Waals surface area contributed by atoms with Gasteiger partial charge in [-0.15, -0.1) is 0 Å². The Morgan fingerprint density at radius 1 is 1.17 bits per heavy atom. The highest BCUT2D eigenvalue weighted by Gasteiger charge is 2.66. The standard InChI is InChI=1S/C18H34O5Si/c1-17-15(12-24(3,4)5)11-14-8-6-7-13(9-10-19)18(14,23-22-17)16(20-2)21-17/h13-16,19H,6-12H2,1-5H3/t13-,14+,15-,16-,17+,18-/m0/s1. The van der Waals surface area contributed by atoms with Crippen LogP contribution in [0.2, 0.25) is 25.7 Å². The van der Waals surface area contributed by atoms with Crippen molar-refractivity contribution in [3.63, 3.8) is 0 Å². The van der Waals surface area contributed by atoms with E-state index in [0.717, 1.165) is 25.3 Å². The van der Waals surface area contributed by atoms with Gasteiger partial charge in [-0.2, -0.15) is 0 Å². The Kier molecular flexibility index (Phi) is 5.19. The minimum Gasteiger partial charge on any atom is -0.396 e. The normalized spacial score (nSPS) is 45.8. The summed E-state index contributed by atoms with van der Waals surface area (Å²) in [5.41, 5.74) is -0.580. The number of aliphatic hydroxyl groups excluding tert-OH is 1. The summed E-state index contributed by atoms with van der Waals surface area (Å²) < 4.78 is 12.2. The van der Waals surface area contributed by atoms with Gasteiger partial charge < -0.3 is 14.6 Å². The second-order valence-electron chi connectivity index (χ2n) is 9.26. The van der Waals surface area contributed by atoms with Crippen molar-refractivity contribution >= 4 is 8.07 Å². The molecule has 3 heterocycles. The van der Waals surface area contributed by atoms with Gasteiger partial charge in [-0.1, -0.05) is 26.1 Å². The third-order valence-corrected chi connectivity index (χ3v) is 8.02. The SMILES string of the molecule is CO[C@H]1O[C@]2(C)OO[C@]13[C@H](CCO)CCC[C@@H]3C[C@H]2C[Si](C)(C)C. The largest absolute Gasteiger partial charge is 0.396 e. The fourth-order valence-electron chi connectivity index (χ4n) is 5.22. The minimum atomic E-state index is -1.27. The quantitative estimate of drug-likeness (QED) is 0.602. The molecule has 0 aromatic carbocycles. The molecule has 6 atom stereocenters. The van der Waals surface area contributed by atoms with Crippen LogP contribution in [0.5, 0.6) is 0 Å². The highest BCUT2D eigenvalue weighted by molar-refractivity contribution is 6.76. The number of hydrogen-bond donors (Lipinski definition) is 1. The van der Waals surface area contributed by atoms with Crippen molar-refractivity contribution in [3.8, 4) is 0 Å². The van der Waals surface area contributed by atoms with Crippen molar-refractivity contribution < 1.29 is 24.4 Å². The van der Waals surface area contributed by atoms with Gasteiger partial charge >= 0.3 is 0 Å². The molecule has 140 valence electrons. The van der Waals surface area contributed by atoms with Crippen LogP contribution in [0.15, 0.2) is 0 Å². The van der Waals surface area contributed by atoms with Gasteiger partial charge in [-0.05, 0) is 50.5 Å². The zero-order chi connectivity index (χ0) is 17.6. The van der Waals surface area contributed by atoms with Crippen LogP contribution in [0.1, 0.15) is 39.0 Å². The van der Waals surface area contributed by atoms with Crippen LogP contribution in [0.3, 0.4) is 0 Å². The third-order valence-electron chi connectivity index (χ3n) is 6.30. The van der Waals surface area contributed by atoms with Crippen molar-refractivity contribution in [2.24, 2.45) is 17.8 Å². The lowest BCUT2D eigenvalue weighted by molar-refractivity contribution is -0.560. The van der Waals surface area contributed by atoms with Crippen LogP contribution in [0.25, 0.3) is 0 Å². The van der Waals surface area contributed by atoms with E-state index in [1.807, 2.05) is 6.92 Å². The highest BCUT2D eigenvalue weighted by atomic mass is 28.3. The molecule has 0 aromatic rings. The van der Waals surface area contributed by atoms with Gasteiger partial charge in [0.05, 0.1) is 0 Å². The molecule has 1 N–H and O–H groups in total. The molecule has 4 rings (SSSR count). The number of methoxy groups -OCH3 is 1. The van der Waals surface area contributed by atoms with E-state index >= 15 is 0 Å². The van der Waals surface area contributed by atoms with E-state index in [2.05, 4.69) is 19.6 Å². The molecule has 1 spiro atoms. The second-order valence-corrected chi connectivity index (χ2v) is 14.8. The molecular weight excluding hydrogens is 324 g/mol. The summed E-state index contributed by atoms with van der Waals surface area (Å²) in [6, 6.07) is 1.15. The Labute approximate surface area is 146 Å². The lowest BCUT2D eigenvalue weighted by Gasteiger charge is -2.53. The maximum atomic E-state index is 9.54. The predicted molar refractivity (Wildman–Crippen MR) is 94.0 cm³/mol. The van der Waals surface area contributed by atoms with Gasteiger partial charge in [0.2, 0.25) is 5.79 Å². The molecule has 1 saturated carbocycles. The smallest absolute Gasteiger partial charge is 0.204 e. The van der Waals surface area contributed by atoms with Crippen molar-refractivity contribution in [2.45, 2.75) is 82.4 Å². The first-order valence-corrected chi connectivity index (χ1v) is 13.1. The number of rotatable bonds is 5. The number of aliphatic hydroxyl groups is 1. The molecule has 0 radical (unpaired) electrons. The Balaban J connectivity index is 1.97. The molecule has 5 nitrogen and oxygen atoms in total. The summed E-state index contributed by atoms with van der Waals surface area (Å²) in [4.78, 5) is 12.1. The maximum Gasteiger partial charge on any atom is 0.204 e. The molecule has 1 aliphatic carbocycles. The molecule has 0 unspecified atom stereocenters. The molecule has 3 aliphatic heterocycles. The molecule has 24 heavy (non-hydrogen) atoms. The first kappa shape index (κ1) is 18.8. The van der Waals surface area contributed by atoms with Crippen molar-refractivity contribution in [1.29, 1.82) is 0 Å². The number of ether oxygens (including phenoxy) is 2. The molecule has 2 bridgehead atoms. The molecule has 3 saturated heterocycles. The molecule has 0 aromatic heterocycles. The van der Waals surface area contributed by atoms with Crippen molar-refractivity contribution in [1.82, 2.24) is 0 Å². The van der Waals surface area contributed by atoms with Crippen LogP contribution in [0.4, 0.5) is 0 Å². The predicted octanol–water partition coefficient (Wildman–Crippen LogP) is 3.55. The molecule has 6 heteroatoms. The van der Waals surface area contributed by atoms with E-state index in [4.69, 9.17) is 19.2 Å². The highest BCUT2D eigenvalue weighted by Crippen LogP contribution is 2.57. The Hall–Kier alpha value is 0.0169. The molecule has 0 amide bonds. The van der Waals surface area contributed by atoms with E-state index in [1.165, 1.54) is 6.42 Å². The van der Waals surface area contributed by atoms with E-state index in [0.29, 0.717) is 18.3 Å². The number of hydrogen-bond acceptors (Lipinski definition) is 5. The van der Waals surface area contributed by atoms with Crippen LogP contribution in [-0.4, -0.2) is 44.6 Å². The average Bonchev–Trinajstić information content (AvgIpc) is 2.68. The van der Waals surface area contributed by atoms with E-state index < -0.39 is 25.8 Å². The third kappa shape index (κ3) is 3.10. The van der Waals surface area contributed by atoms with E-state index in [9.17, 15) is 5.11 Å². The van der Waals surface area contributed by atoms with Gasteiger partial charge in [0, 0.05) is 27.7 Å². The monoisotopic (exact) mass is 358 g/mol. The Bertz CT molecular complexity index is 451. The molecular formula is C18H34O5Si. The van der Waals surface area contributed by atoms with Crippen molar-refractivity contribution in [2.75, 3.05) is 13.7 Å². The fraction of sp³-hybridized carbons (Fsp3) is 1.00. The van der Waals surface area contributed by atoms with Gasteiger partial charge in [0.1, 0.15) is 0 Å². The van der Waals surface area contributed by atoms with Crippen LogP contribution in [0, 0.1) is 17.8 Å². The first-order valence-electron chi connectivity index (χ1n) is 9.43. The summed E-state index contributed by atoms with van der Waals surface area (Å²) in [6.07, 6.45) is 4.66. The molecule has 4 aliphatic rings. The van der Waals surface area contributed by atoms with Gasteiger partial charge in [0.25, 0.3) is 0 Å².